The number of aliphatic hydroxyl groups is 2. The highest BCUT2D eigenvalue weighted by atomic mass is 16.5. The molecule has 6 atom stereocenters. The molecular formula is C24H27NO3. The molecule has 1 aromatic carbocycles. The van der Waals surface area contributed by atoms with Crippen LogP contribution in [0.15, 0.2) is 24.1 Å². The van der Waals surface area contributed by atoms with Gasteiger partial charge in [0.1, 0.15) is 11.6 Å². The molecule has 3 bridgehead atoms. The van der Waals surface area contributed by atoms with Crippen LogP contribution in [0.25, 0.3) is 12.2 Å². The Balaban J connectivity index is 1.53. The van der Waals surface area contributed by atoms with E-state index in [-0.39, 0.29) is 12.0 Å². The number of hydrogen-bond donors (Lipinski definition) is 2. The average Bonchev–Trinajstić information content (AvgIpc) is 2.87. The van der Waals surface area contributed by atoms with E-state index >= 15 is 0 Å². The fourth-order valence-corrected chi connectivity index (χ4v) is 7.78. The van der Waals surface area contributed by atoms with E-state index in [4.69, 9.17) is 4.74 Å². The van der Waals surface area contributed by atoms with E-state index in [0.717, 1.165) is 31.6 Å². The zero-order chi connectivity index (χ0) is 19.1. The van der Waals surface area contributed by atoms with E-state index in [1.165, 1.54) is 22.3 Å². The van der Waals surface area contributed by atoms with Crippen LogP contribution < -0.4 is 0 Å². The summed E-state index contributed by atoms with van der Waals surface area (Å²) in [5, 5.41) is 23.1. The molecule has 28 heavy (non-hydrogen) atoms. The molecule has 2 saturated carbocycles. The van der Waals surface area contributed by atoms with Gasteiger partial charge in [0.05, 0.1) is 5.41 Å². The number of rotatable bonds is 0. The van der Waals surface area contributed by atoms with Crippen molar-refractivity contribution in [2.45, 2.75) is 69.4 Å². The van der Waals surface area contributed by atoms with Crippen LogP contribution in [-0.2, 0) is 11.3 Å². The first-order valence-corrected chi connectivity index (χ1v) is 10.8. The second kappa shape index (κ2) is 4.52. The van der Waals surface area contributed by atoms with Crippen LogP contribution in [0.3, 0.4) is 0 Å². The molecule has 3 aliphatic carbocycles. The minimum Gasteiger partial charge on any atom is -0.475 e. The molecule has 146 valence electrons. The average molecular weight is 377 g/mol. The smallest absolute Gasteiger partial charge is 0.195 e. The molecule has 4 nitrogen and oxygen atoms in total. The lowest BCUT2D eigenvalue weighted by Crippen LogP contribution is -2.47. The molecule has 3 fully saturated rings. The number of nitrogens with zero attached hydrogens (tertiary/aromatic N) is 1. The van der Waals surface area contributed by atoms with Gasteiger partial charge in [-0.1, -0.05) is 32.1 Å². The maximum atomic E-state index is 11.6. The Bertz CT molecular complexity index is 994. The fourth-order valence-electron chi connectivity index (χ4n) is 7.78. The lowest BCUT2D eigenvalue weighted by Gasteiger charge is -2.43. The topological polar surface area (TPSA) is 52.9 Å². The largest absolute Gasteiger partial charge is 0.475 e. The van der Waals surface area contributed by atoms with Crippen molar-refractivity contribution in [1.29, 1.82) is 0 Å². The highest BCUT2D eigenvalue weighted by Crippen LogP contribution is 2.78. The number of fused-ring (bicyclic) bond motifs is 2. The van der Waals surface area contributed by atoms with Crippen LogP contribution in [0.4, 0.5) is 0 Å². The molecule has 6 aliphatic rings. The van der Waals surface area contributed by atoms with Crippen molar-refractivity contribution in [1.82, 2.24) is 4.90 Å². The number of allylic oxidation sites excluding steroid dienone is 1. The summed E-state index contributed by atoms with van der Waals surface area (Å²) in [5.74, 6) is 0.225. The van der Waals surface area contributed by atoms with E-state index in [9.17, 15) is 10.2 Å². The quantitative estimate of drug-likeness (QED) is 0.679. The summed E-state index contributed by atoms with van der Waals surface area (Å²) in [6, 6.07) is 4.67. The molecule has 3 heterocycles. The highest BCUT2D eigenvalue weighted by molar-refractivity contribution is 5.69. The lowest BCUT2D eigenvalue weighted by molar-refractivity contribution is -0.151. The summed E-state index contributed by atoms with van der Waals surface area (Å²) in [5.41, 5.74) is 3.94. The van der Waals surface area contributed by atoms with Crippen LogP contribution in [0.1, 0.15) is 67.7 Å². The van der Waals surface area contributed by atoms with E-state index in [1.54, 1.807) is 0 Å². The minimum absolute atomic E-state index is 0.0682. The lowest BCUT2D eigenvalue weighted by atomic mass is 9.74. The summed E-state index contributed by atoms with van der Waals surface area (Å²) >= 11 is 0. The van der Waals surface area contributed by atoms with Crippen LogP contribution >= 0.6 is 0 Å². The summed E-state index contributed by atoms with van der Waals surface area (Å²) in [6.07, 6.45) is 10.5. The maximum Gasteiger partial charge on any atom is 0.195 e. The number of ether oxygens (including phenoxy) is 1. The third-order valence-corrected chi connectivity index (χ3v) is 9.23. The van der Waals surface area contributed by atoms with Crippen LogP contribution in [0, 0.1) is 17.3 Å². The molecule has 4 heteroatoms. The molecular weight excluding hydrogens is 350 g/mol. The van der Waals surface area contributed by atoms with Crippen LogP contribution in [-0.4, -0.2) is 32.5 Å². The van der Waals surface area contributed by atoms with Crippen molar-refractivity contribution in [2.75, 3.05) is 0 Å². The van der Waals surface area contributed by atoms with E-state index in [0.29, 0.717) is 18.4 Å². The molecule has 7 rings (SSSR count). The van der Waals surface area contributed by atoms with Crippen molar-refractivity contribution >= 4 is 12.2 Å². The van der Waals surface area contributed by atoms with Gasteiger partial charge < -0.3 is 19.8 Å². The van der Waals surface area contributed by atoms with E-state index in [1.807, 2.05) is 0 Å². The molecule has 0 radical (unpaired) electrons. The predicted molar refractivity (Wildman–Crippen MR) is 106 cm³/mol. The van der Waals surface area contributed by atoms with Crippen molar-refractivity contribution < 1.29 is 14.9 Å². The number of benzene rings is 1. The van der Waals surface area contributed by atoms with E-state index in [2.05, 4.69) is 49.1 Å². The summed E-state index contributed by atoms with van der Waals surface area (Å²) in [4.78, 5) is 2.24. The van der Waals surface area contributed by atoms with Gasteiger partial charge in [0.2, 0.25) is 0 Å². The SMILES string of the molecule is CC1CC2OC3=Cc4cc5c6cc4CN3C3(CC6CC=C5)C(O)(O)C3(C)C2C1. The Hall–Kier alpha value is -1.78. The van der Waals surface area contributed by atoms with Crippen LogP contribution in [0.2, 0.25) is 0 Å². The summed E-state index contributed by atoms with van der Waals surface area (Å²) in [7, 11) is 0. The van der Waals surface area contributed by atoms with Crippen molar-refractivity contribution in [2.24, 2.45) is 17.3 Å². The van der Waals surface area contributed by atoms with E-state index < -0.39 is 16.7 Å². The monoisotopic (exact) mass is 377 g/mol. The Morgan fingerprint density at radius 2 is 2.04 bits per heavy atom. The van der Waals surface area contributed by atoms with Crippen molar-refractivity contribution in [3.63, 3.8) is 0 Å². The summed E-state index contributed by atoms with van der Waals surface area (Å²) in [6.45, 7) is 5.10. The Labute approximate surface area is 165 Å². The van der Waals surface area contributed by atoms with Crippen LogP contribution in [0.5, 0.6) is 0 Å². The predicted octanol–water partition coefficient (Wildman–Crippen LogP) is 3.59. The third kappa shape index (κ3) is 1.47. The van der Waals surface area contributed by atoms with Crippen molar-refractivity contribution in [3.8, 4) is 0 Å². The van der Waals surface area contributed by atoms with Gasteiger partial charge in [-0.25, -0.2) is 0 Å². The number of hydrogen-bond acceptors (Lipinski definition) is 4. The third-order valence-electron chi connectivity index (χ3n) is 9.23. The maximum absolute atomic E-state index is 11.6. The standard InChI is InChI=1S/C24H27NO3/c1-13-6-19-20(7-13)28-21-10-16-8-14-4-3-5-15-11-23(22(19,2)24(23,26)27)25(21)12-17(16)9-18(14)15/h3-4,8-10,13,15,19-20,26-27H,5-7,11-12H2,1-2H3. The Kier molecular flexibility index (Phi) is 2.59. The molecule has 2 N–H and O–H groups in total. The first-order valence-electron chi connectivity index (χ1n) is 10.8. The fraction of sp³-hybridized carbons (Fsp3) is 0.583. The molecule has 6 unspecified atom stereocenters. The molecule has 0 amide bonds. The molecule has 0 aromatic heterocycles. The summed E-state index contributed by atoms with van der Waals surface area (Å²) < 4.78 is 6.65. The Morgan fingerprint density at radius 1 is 1.18 bits per heavy atom. The van der Waals surface area contributed by atoms with Gasteiger partial charge in [-0.05, 0) is 65.8 Å². The zero-order valence-corrected chi connectivity index (χ0v) is 16.5. The molecule has 1 aromatic rings. The van der Waals surface area contributed by atoms with Gasteiger partial charge in [-0.15, -0.1) is 0 Å². The first-order chi connectivity index (χ1) is 13.4. The van der Waals surface area contributed by atoms with Gasteiger partial charge in [-0.2, -0.15) is 0 Å². The van der Waals surface area contributed by atoms with Crippen molar-refractivity contribution in [3.05, 3.63) is 46.3 Å². The van der Waals surface area contributed by atoms with Gasteiger partial charge in [0, 0.05) is 18.5 Å². The molecule has 1 saturated heterocycles. The minimum atomic E-state index is -1.69. The van der Waals surface area contributed by atoms with Gasteiger partial charge in [0.15, 0.2) is 11.7 Å². The Morgan fingerprint density at radius 3 is 2.89 bits per heavy atom. The normalized spacial score (nSPS) is 45.3. The zero-order valence-electron chi connectivity index (χ0n) is 16.5. The second-order valence-electron chi connectivity index (χ2n) is 10.4. The van der Waals surface area contributed by atoms with Gasteiger partial charge >= 0.3 is 0 Å². The molecule has 3 aliphatic heterocycles. The first kappa shape index (κ1) is 16.1. The van der Waals surface area contributed by atoms with Gasteiger partial charge in [-0.3, -0.25) is 0 Å². The highest BCUT2D eigenvalue weighted by Gasteiger charge is 2.91. The second-order valence-corrected chi connectivity index (χ2v) is 10.4. The molecule has 1 spiro atoms. The van der Waals surface area contributed by atoms with Gasteiger partial charge in [0.25, 0.3) is 0 Å².